The van der Waals surface area contributed by atoms with E-state index in [9.17, 15) is 0 Å². The van der Waals surface area contributed by atoms with Crippen LogP contribution in [0, 0.1) is 0 Å². The highest BCUT2D eigenvalue weighted by atomic mass is 16.7. The highest BCUT2D eigenvalue weighted by molar-refractivity contribution is 5.61. The Morgan fingerprint density at radius 2 is 2.17 bits per heavy atom. The molecule has 1 spiro atoms. The van der Waals surface area contributed by atoms with Crippen molar-refractivity contribution in [2.75, 3.05) is 26.3 Å². The third kappa shape index (κ3) is 3.02. The second-order valence-electron chi connectivity index (χ2n) is 6.34. The van der Waals surface area contributed by atoms with Gasteiger partial charge in [0.1, 0.15) is 0 Å². The van der Waals surface area contributed by atoms with E-state index in [1.54, 1.807) is 6.20 Å². The Bertz CT molecular complexity index is 664. The van der Waals surface area contributed by atoms with Gasteiger partial charge < -0.3 is 9.47 Å². The quantitative estimate of drug-likeness (QED) is 0.865. The summed E-state index contributed by atoms with van der Waals surface area (Å²) < 4.78 is 13.6. The summed E-state index contributed by atoms with van der Waals surface area (Å²) in [6.45, 7) is 4.17. The van der Waals surface area contributed by atoms with Crippen molar-refractivity contribution in [3.8, 4) is 11.3 Å². The van der Waals surface area contributed by atoms with Gasteiger partial charge in [0.05, 0.1) is 25.5 Å². The zero-order valence-electron chi connectivity index (χ0n) is 13.4. The number of likely N-dealkylation sites (tertiary alicyclic amines) is 1. The van der Waals surface area contributed by atoms with Crippen LogP contribution in [0.1, 0.15) is 18.4 Å². The van der Waals surface area contributed by atoms with Crippen molar-refractivity contribution in [2.24, 2.45) is 7.05 Å². The van der Waals surface area contributed by atoms with Crippen molar-refractivity contribution in [1.29, 1.82) is 0 Å². The molecule has 0 aromatic carbocycles. The molecule has 0 unspecified atom stereocenters. The molecule has 0 amide bonds. The molecule has 0 N–H and O–H groups in total. The van der Waals surface area contributed by atoms with Crippen LogP contribution in [0.5, 0.6) is 0 Å². The Balaban J connectivity index is 1.55. The lowest BCUT2D eigenvalue weighted by molar-refractivity contribution is -0.190. The molecule has 4 rings (SSSR count). The van der Waals surface area contributed by atoms with Gasteiger partial charge in [0, 0.05) is 49.7 Å². The van der Waals surface area contributed by atoms with E-state index in [1.807, 2.05) is 24.0 Å². The van der Waals surface area contributed by atoms with E-state index in [-0.39, 0.29) is 5.79 Å². The summed E-state index contributed by atoms with van der Waals surface area (Å²) in [4.78, 5) is 6.62. The van der Waals surface area contributed by atoms with Crippen molar-refractivity contribution < 1.29 is 9.47 Å². The fraction of sp³-hybridized carbons (Fsp3) is 0.529. The van der Waals surface area contributed by atoms with E-state index >= 15 is 0 Å². The van der Waals surface area contributed by atoms with E-state index in [1.165, 1.54) is 5.56 Å². The summed E-state index contributed by atoms with van der Waals surface area (Å²) in [7, 11) is 1.96. The molecule has 2 aromatic heterocycles. The van der Waals surface area contributed by atoms with Crippen LogP contribution in [0.15, 0.2) is 30.7 Å². The molecule has 2 saturated heterocycles. The van der Waals surface area contributed by atoms with Gasteiger partial charge in [-0.25, -0.2) is 0 Å². The third-order valence-electron chi connectivity index (χ3n) is 4.54. The first-order chi connectivity index (χ1) is 11.2. The van der Waals surface area contributed by atoms with Crippen LogP contribution < -0.4 is 0 Å². The van der Waals surface area contributed by atoms with E-state index in [0.717, 1.165) is 43.7 Å². The van der Waals surface area contributed by atoms with Crippen molar-refractivity contribution in [2.45, 2.75) is 25.2 Å². The zero-order chi connectivity index (χ0) is 15.7. The van der Waals surface area contributed by atoms with Crippen molar-refractivity contribution >= 4 is 0 Å². The highest BCUT2D eigenvalue weighted by Crippen LogP contribution is 2.31. The largest absolute Gasteiger partial charge is 0.346 e. The number of aromatic nitrogens is 3. The molecular weight excluding hydrogens is 292 g/mol. The number of hydrogen-bond donors (Lipinski definition) is 0. The molecule has 0 aliphatic carbocycles. The minimum absolute atomic E-state index is 0.380. The Morgan fingerprint density at radius 1 is 1.30 bits per heavy atom. The molecule has 6 heteroatoms. The van der Waals surface area contributed by atoms with Gasteiger partial charge in [0.2, 0.25) is 0 Å². The van der Waals surface area contributed by atoms with Crippen LogP contribution in [0.25, 0.3) is 11.3 Å². The summed E-state index contributed by atoms with van der Waals surface area (Å²) in [6.07, 6.45) is 7.84. The maximum absolute atomic E-state index is 5.87. The minimum Gasteiger partial charge on any atom is -0.346 e. The molecule has 2 aliphatic heterocycles. The molecule has 2 fully saturated rings. The second kappa shape index (κ2) is 6.03. The average Bonchev–Trinajstić information content (AvgIpc) is 3.15. The lowest BCUT2D eigenvalue weighted by Crippen LogP contribution is -2.48. The molecule has 4 heterocycles. The smallest absolute Gasteiger partial charge is 0.181 e. The van der Waals surface area contributed by atoms with Gasteiger partial charge in [-0.2, -0.15) is 5.10 Å². The number of aryl methyl sites for hydroxylation is 1. The number of piperidine rings is 1. The first kappa shape index (κ1) is 14.8. The monoisotopic (exact) mass is 314 g/mol. The SMILES string of the molecule is Cn1cc(CN2CCCC3(C2)OCCO3)c(-c2cccnc2)n1. The minimum atomic E-state index is -0.380. The van der Waals surface area contributed by atoms with Crippen molar-refractivity contribution in [3.63, 3.8) is 0 Å². The van der Waals surface area contributed by atoms with Gasteiger partial charge in [-0.05, 0) is 25.1 Å². The van der Waals surface area contributed by atoms with Crippen LogP contribution in [-0.2, 0) is 23.1 Å². The summed E-state index contributed by atoms with van der Waals surface area (Å²) in [5.74, 6) is -0.380. The predicted molar refractivity (Wildman–Crippen MR) is 85.6 cm³/mol. The zero-order valence-corrected chi connectivity index (χ0v) is 13.4. The Hall–Kier alpha value is -1.76. The molecule has 6 nitrogen and oxygen atoms in total. The van der Waals surface area contributed by atoms with Crippen LogP contribution in [-0.4, -0.2) is 51.8 Å². The summed E-state index contributed by atoms with van der Waals surface area (Å²) >= 11 is 0. The normalized spacial score (nSPS) is 21.1. The van der Waals surface area contributed by atoms with Crippen LogP contribution in [0.4, 0.5) is 0 Å². The first-order valence-corrected chi connectivity index (χ1v) is 8.17. The molecule has 0 atom stereocenters. The molecule has 2 aliphatic rings. The Kier molecular flexibility index (Phi) is 3.88. The number of hydrogen-bond acceptors (Lipinski definition) is 5. The molecule has 23 heavy (non-hydrogen) atoms. The number of pyridine rings is 1. The first-order valence-electron chi connectivity index (χ1n) is 8.17. The Labute approximate surface area is 136 Å². The van der Waals surface area contributed by atoms with Gasteiger partial charge in [0.25, 0.3) is 0 Å². The predicted octanol–water partition coefficient (Wildman–Crippen LogP) is 1.82. The summed E-state index contributed by atoms with van der Waals surface area (Å²) in [6, 6.07) is 4.00. The van der Waals surface area contributed by atoms with Crippen LogP contribution >= 0.6 is 0 Å². The summed E-state index contributed by atoms with van der Waals surface area (Å²) in [5, 5.41) is 4.62. The fourth-order valence-corrected chi connectivity index (χ4v) is 3.58. The van der Waals surface area contributed by atoms with Gasteiger partial charge in [-0.3, -0.25) is 14.6 Å². The topological polar surface area (TPSA) is 52.4 Å². The lowest BCUT2D eigenvalue weighted by Gasteiger charge is -2.38. The molecule has 122 valence electrons. The van der Waals surface area contributed by atoms with Gasteiger partial charge in [-0.1, -0.05) is 0 Å². The van der Waals surface area contributed by atoms with Crippen molar-refractivity contribution in [3.05, 3.63) is 36.3 Å². The van der Waals surface area contributed by atoms with E-state index in [0.29, 0.717) is 13.2 Å². The van der Waals surface area contributed by atoms with Crippen LogP contribution in [0.2, 0.25) is 0 Å². The maximum atomic E-state index is 5.87. The maximum Gasteiger partial charge on any atom is 0.181 e. The second-order valence-corrected chi connectivity index (χ2v) is 6.34. The number of nitrogens with zero attached hydrogens (tertiary/aromatic N) is 4. The van der Waals surface area contributed by atoms with Crippen LogP contribution in [0.3, 0.4) is 0 Å². The number of ether oxygens (including phenoxy) is 2. The van der Waals surface area contributed by atoms with E-state index < -0.39 is 0 Å². The third-order valence-corrected chi connectivity index (χ3v) is 4.54. The summed E-state index contributed by atoms with van der Waals surface area (Å²) in [5.41, 5.74) is 3.28. The standard InChI is InChI=1S/C17H22N4O2/c1-20-11-15(16(19-20)14-4-2-6-18-10-14)12-21-7-3-5-17(13-21)22-8-9-23-17/h2,4,6,10-11H,3,5,7-9,12-13H2,1H3. The van der Waals surface area contributed by atoms with E-state index in [2.05, 4.69) is 27.2 Å². The highest BCUT2D eigenvalue weighted by Gasteiger charge is 2.40. The molecule has 0 saturated carbocycles. The fourth-order valence-electron chi connectivity index (χ4n) is 3.58. The molecular formula is C17H22N4O2. The molecule has 2 aromatic rings. The van der Waals surface area contributed by atoms with Gasteiger partial charge >= 0.3 is 0 Å². The Morgan fingerprint density at radius 3 is 2.96 bits per heavy atom. The molecule has 0 radical (unpaired) electrons. The van der Waals surface area contributed by atoms with E-state index in [4.69, 9.17) is 9.47 Å². The molecule has 0 bridgehead atoms. The number of rotatable bonds is 3. The van der Waals surface area contributed by atoms with Gasteiger partial charge in [-0.15, -0.1) is 0 Å². The van der Waals surface area contributed by atoms with Gasteiger partial charge in [0.15, 0.2) is 5.79 Å². The van der Waals surface area contributed by atoms with Crippen molar-refractivity contribution in [1.82, 2.24) is 19.7 Å². The average molecular weight is 314 g/mol. The lowest BCUT2D eigenvalue weighted by atomic mass is 10.0.